The molecule has 0 fully saturated rings. The number of aryl methyl sites for hydroxylation is 3. The standard InChI is InChI=1S/C21H21N5O/c1-12-10-15(19-13(2)24-25(3)20(19)22-12)21(27)26-9-8-18-16(11-26)14-6-4-5-7-17(14)23-18/h4-7,10,23H,8-9,11H2,1-3H3. The first-order chi connectivity index (χ1) is 13.0. The third-order valence-corrected chi connectivity index (χ3v) is 5.50. The quantitative estimate of drug-likeness (QED) is 0.567. The molecule has 1 aromatic carbocycles. The second kappa shape index (κ2) is 5.67. The van der Waals surface area contributed by atoms with Gasteiger partial charge in [0.2, 0.25) is 0 Å². The lowest BCUT2D eigenvalue weighted by Gasteiger charge is -2.27. The van der Waals surface area contributed by atoms with Crippen LogP contribution in [0.3, 0.4) is 0 Å². The first-order valence-electron chi connectivity index (χ1n) is 9.21. The number of nitrogens with one attached hydrogen (secondary N) is 1. The predicted octanol–water partition coefficient (Wildman–Crippen LogP) is 3.26. The van der Waals surface area contributed by atoms with Crippen molar-refractivity contribution < 1.29 is 4.79 Å². The van der Waals surface area contributed by atoms with Crippen molar-refractivity contribution in [3.63, 3.8) is 0 Å². The minimum absolute atomic E-state index is 0.0533. The summed E-state index contributed by atoms with van der Waals surface area (Å²) in [6.07, 6.45) is 0.842. The maximum atomic E-state index is 13.4. The molecule has 1 aliphatic rings. The Kier molecular flexibility index (Phi) is 3.37. The molecule has 4 heterocycles. The van der Waals surface area contributed by atoms with Crippen LogP contribution in [0.15, 0.2) is 30.3 Å². The molecular formula is C21H21N5O. The van der Waals surface area contributed by atoms with Crippen molar-refractivity contribution in [3.05, 3.63) is 58.5 Å². The van der Waals surface area contributed by atoms with Crippen LogP contribution in [0.1, 0.15) is 33.0 Å². The molecule has 6 nitrogen and oxygen atoms in total. The molecule has 0 bridgehead atoms. The molecule has 0 unspecified atom stereocenters. The molecule has 4 aromatic rings. The number of aromatic nitrogens is 4. The van der Waals surface area contributed by atoms with Gasteiger partial charge in [-0.3, -0.25) is 9.48 Å². The lowest BCUT2D eigenvalue weighted by molar-refractivity contribution is 0.0737. The molecule has 3 aromatic heterocycles. The van der Waals surface area contributed by atoms with E-state index in [2.05, 4.69) is 27.2 Å². The van der Waals surface area contributed by atoms with Crippen LogP contribution in [-0.4, -0.2) is 37.1 Å². The van der Waals surface area contributed by atoms with Crippen molar-refractivity contribution in [1.82, 2.24) is 24.6 Å². The Balaban J connectivity index is 1.59. The SMILES string of the molecule is Cc1cc(C(=O)N2CCc3[nH]c4ccccc4c3C2)c2c(C)nn(C)c2n1. The van der Waals surface area contributed by atoms with Gasteiger partial charge in [-0.2, -0.15) is 5.10 Å². The summed E-state index contributed by atoms with van der Waals surface area (Å²) in [7, 11) is 1.87. The van der Waals surface area contributed by atoms with Gasteiger partial charge in [0.25, 0.3) is 5.91 Å². The Bertz CT molecular complexity index is 1220. The third-order valence-electron chi connectivity index (χ3n) is 5.50. The molecule has 1 aliphatic heterocycles. The molecule has 0 saturated carbocycles. The number of nitrogens with zero attached hydrogens (tertiary/aromatic N) is 4. The number of H-pyrrole nitrogens is 1. The van der Waals surface area contributed by atoms with Gasteiger partial charge in [-0.1, -0.05) is 18.2 Å². The summed E-state index contributed by atoms with van der Waals surface area (Å²) in [6.45, 7) is 5.19. The largest absolute Gasteiger partial charge is 0.358 e. The highest BCUT2D eigenvalue weighted by Crippen LogP contribution is 2.30. The van der Waals surface area contributed by atoms with Crippen LogP contribution in [0.4, 0.5) is 0 Å². The van der Waals surface area contributed by atoms with E-state index in [0.717, 1.165) is 34.4 Å². The number of aromatic amines is 1. The predicted molar refractivity (Wildman–Crippen MR) is 105 cm³/mol. The van der Waals surface area contributed by atoms with Crippen LogP contribution < -0.4 is 0 Å². The van der Waals surface area contributed by atoms with Gasteiger partial charge in [0.1, 0.15) is 0 Å². The van der Waals surface area contributed by atoms with Crippen molar-refractivity contribution in [2.45, 2.75) is 26.8 Å². The summed E-state index contributed by atoms with van der Waals surface area (Å²) in [6, 6.07) is 10.2. The molecule has 5 rings (SSSR count). The van der Waals surface area contributed by atoms with Gasteiger partial charge in [-0.15, -0.1) is 0 Å². The number of amides is 1. The number of hydrogen-bond acceptors (Lipinski definition) is 3. The van der Waals surface area contributed by atoms with E-state index in [1.165, 1.54) is 16.6 Å². The Hall–Kier alpha value is -3.15. The van der Waals surface area contributed by atoms with E-state index < -0.39 is 0 Å². The van der Waals surface area contributed by atoms with Crippen molar-refractivity contribution >= 4 is 27.8 Å². The molecule has 136 valence electrons. The number of carbonyl (C=O) groups excluding carboxylic acids is 1. The average molecular weight is 359 g/mol. The molecule has 0 atom stereocenters. The maximum Gasteiger partial charge on any atom is 0.255 e. The van der Waals surface area contributed by atoms with Gasteiger partial charge in [0.15, 0.2) is 5.65 Å². The van der Waals surface area contributed by atoms with Crippen LogP contribution in [0.25, 0.3) is 21.9 Å². The summed E-state index contributed by atoms with van der Waals surface area (Å²) in [5.41, 5.74) is 6.75. The highest BCUT2D eigenvalue weighted by atomic mass is 16.2. The van der Waals surface area contributed by atoms with E-state index in [0.29, 0.717) is 18.7 Å². The Morgan fingerprint density at radius 3 is 2.89 bits per heavy atom. The summed E-state index contributed by atoms with van der Waals surface area (Å²) < 4.78 is 1.75. The number of hydrogen-bond donors (Lipinski definition) is 1. The number of rotatable bonds is 1. The molecule has 1 N–H and O–H groups in total. The monoisotopic (exact) mass is 359 g/mol. The fourth-order valence-electron chi connectivity index (χ4n) is 4.25. The Labute approximate surface area is 156 Å². The molecule has 27 heavy (non-hydrogen) atoms. The van der Waals surface area contributed by atoms with E-state index in [-0.39, 0.29) is 5.91 Å². The van der Waals surface area contributed by atoms with Crippen LogP contribution >= 0.6 is 0 Å². The first-order valence-corrected chi connectivity index (χ1v) is 9.21. The van der Waals surface area contributed by atoms with Crippen molar-refractivity contribution in [3.8, 4) is 0 Å². The van der Waals surface area contributed by atoms with Gasteiger partial charge in [0.05, 0.1) is 16.6 Å². The Morgan fingerprint density at radius 1 is 1.22 bits per heavy atom. The average Bonchev–Trinajstić information content (AvgIpc) is 3.17. The smallest absolute Gasteiger partial charge is 0.255 e. The van der Waals surface area contributed by atoms with Crippen molar-refractivity contribution in [2.75, 3.05) is 6.54 Å². The minimum atomic E-state index is 0.0533. The molecule has 0 saturated heterocycles. The zero-order valence-corrected chi connectivity index (χ0v) is 15.7. The third kappa shape index (κ3) is 2.36. The number of pyridine rings is 1. The zero-order chi connectivity index (χ0) is 18.7. The molecular weight excluding hydrogens is 338 g/mol. The maximum absolute atomic E-state index is 13.4. The minimum Gasteiger partial charge on any atom is -0.358 e. The molecule has 1 amide bonds. The summed E-state index contributed by atoms with van der Waals surface area (Å²) in [5.74, 6) is 0.0533. The fraction of sp³-hybridized carbons (Fsp3) is 0.286. The summed E-state index contributed by atoms with van der Waals surface area (Å²) in [5, 5.41) is 6.53. The lowest BCUT2D eigenvalue weighted by atomic mass is 10.0. The van der Waals surface area contributed by atoms with E-state index in [4.69, 9.17) is 0 Å². The molecule has 0 spiro atoms. The lowest BCUT2D eigenvalue weighted by Crippen LogP contribution is -2.36. The zero-order valence-electron chi connectivity index (χ0n) is 15.7. The van der Waals surface area contributed by atoms with Gasteiger partial charge in [0, 0.05) is 54.4 Å². The summed E-state index contributed by atoms with van der Waals surface area (Å²) in [4.78, 5) is 23.5. The van der Waals surface area contributed by atoms with E-state index in [1.54, 1.807) is 4.68 Å². The topological polar surface area (TPSA) is 66.8 Å². The second-order valence-corrected chi connectivity index (χ2v) is 7.32. The normalized spacial score (nSPS) is 14.1. The van der Waals surface area contributed by atoms with Crippen LogP contribution in [0.2, 0.25) is 0 Å². The van der Waals surface area contributed by atoms with Crippen LogP contribution in [-0.2, 0) is 20.0 Å². The van der Waals surface area contributed by atoms with Gasteiger partial charge in [-0.05, 0) is 26.0 Å². The first kappa shape index (κ1) is 16.1. The van der Waals surface area contributed by atoms with Crippen LogP contribution in [0, 0.1) is 13.8 Å². The number of fused-ring (bicyclic) bond motifs is 4. The fourth-order valence-corrected chi connectivity index (χ4v) is 4.25. The molecule has 6 heteroatoms. The van der Waals surface area contributed by atoms with Crippen LogP contribution in [0.5, 0.6) is 0 Å². The molecule has 0 radical (unpaired) electrons. The van der Waals surface area contributed by atoms with Crippen molar-refractivity contribution in [2.24, 2.45) is 7.05 Å². The number of para-hydroxylation sites is 1. The van der Waals surface area contributed by atoms with Gasteiger partial charge in [-0.25, -0.2) is 4.98 Å². The van der Waals surface area contributed by atoms with Gasteiger partial charge >= 0.3 is 0 Å². The highest BCUT2D eigenvalue weighted by molar-refractivity contribution is 6.06. The number of carbonyl (C=O) groups is 1. The highest BCUT2D eigenvalue weighted by Gasteiger charge is 2.27. The van der Waals surface area contributed by atoms with Crippen molar-refractivity contribution in [1.29, 1.82) is 0 Å². The summed E-state index contributed by atoms with van der Waals surface area (Å²) >= 11 is 0. The van der Waals surface area contributed by atoms with E-state index in [1.807, 2.05) is 44.0 Å². The second-order valence-electron chi connectivity index (χ2n) is 7.32. The number of benzene rings is 1. The van der Waals surface area contributed by atoms with E-state index >= 15 is 0 Å². The molecule has 0 aliphatic carbocycles. The van der Waals surface area contributed by atoms with E-state index in [9.17, 15) is 4.79 Å². The van der Waals surface area contributed by atoms with Gasteiger partial charge < -0.3 is 9.88 Å². The Morgan fingerprint density at radius 2 is 2.04 bits per heavy atom.